The number of nitrogens with zero attached hydrogens (tertiary/aromatic N) is 3. The second-order valence-electron chi connectivity index (χ2n) is 3.44. The van der Waals surface area contributed by atoms with E-state index in [0.717, 1.165) is 28.4 Å². The number of benzene rings is 1. The number of aromatic nitrogens is 2. The molecule has 0 aliphatic rings. The molecule has 4 heteroatoms. The highest BCUT2D eigenvalue weighted by atomic mass is 32.1. The summed E-state index contributed by atoms with van der Waals surface area (Å²) in [6, 6.07) is 9.53. The normalized spacial score (nSPS) is 10.0. The second kappa shape index (κ2) is 4.86. The van der Waals surface area contributed by atoms with Crippen LogP contribution >= 0.6 is 11.3 Å². The van der Waals surface area contributed by atoms with Gasteiger partial charge in [-0.15, -0.1) is 10.2 Å². The van der Waals surface area contributed by atoms with Crippen LogP contribution in [0.1, 0.15) is 23.9 Å². The first-order chi connectivity index (χ1) is 7.83. The van der Waals surface area contributed by atoms with Gasteiger partial charge < -0.3 is 0 Å². The van der Waals surface area contributed by atoms with Crippen LogP contribution in [0.5, 0.6) is 0 Å². The summed E-state index contributed by atoms with van der Waals surface area (Å²) in [5.74, 6) is 0. The highest BCUT2D eigenvalue weighted by Gasteiger charge is 2.05. The van der Waals surface area contributed by atoms with Gasteiger partial charge in [0.25, 0.3) is 0 Å². The number of rotatable bonds is 3. The summed E-state index contributed by atoms with van der Waals surface area (Å²) in [5.41, 5.74) is 1.70. The van der Waals surface area contributed by atoms with Crippen LogP contribution < -0.4 is 0 Å². The van der Waals surface area contributed by atoms with E-state index in [2.05, 4.69) is 23.2 Å². The molecule has 0 aliphatic heterocycles. The molecule has 1 aromatic heterocycles. The fraction of sp³-hybridized carbons (Fsp3) is 0.250. The smallest absolute Gasteiger partial charge is 0.147 e. The van der Waals surface area contributed by atoms with Gasteiger partial charge in [0.05, 0.1) is 11.6 Å². The van der Waals surface area contributed by atoms with Gasteiger partial charge in [-0.3, -0.25) is 0 Å². The highest BCUT2D eigenvalue weighted by Crippen LogP contribution is 2.24. The van der Waals surface area contributed by atoms with Crippen LogP contribution in [0.3, 0.4) is 0 Å². The van der Waals surface area contributed by atoms with Gasteiger partial charge in [-0.25, -0.2) is 0 Å². The van der Waals surface area contributed by atoms with Gasteiger partial charge in [-0.2, -0.15) is 5.26 Å². The van der Waals surface area contributed by atoms with Gasteiger partial charge in [0.1, 0.15) is 10.0 Å². The quantitative estimate of drug-likeness (QED) is 0.812. The predicted octanol–water partition coefficient (Wildman–Crippen LogP) is 3.03. The van der Waals surface area contributed by atoms with Gasteiger partial charge in [-0.1, -0.05) is 30.4 Å². The van der Waals surface area contributed by atoms with E-state index in [1.54, 1.807) is 23.5 Å². The maximum Gasteiger partial charge on any atom is 0.147 e. The Morgan fingerprint density at radius 1 is 1.25 bits per heavy atom. The SMILES string of the molecule is CCCc1nnc(-c2ccc(C#N)cc2)s1. The van der Waals surface area contributed by atoms with E-state index in [4.69, 9.17) is 5.26 Å². The van der Waals surface area contributed by atoms with Crippen LogP contribution in [-0.4, -0.2) is 10.2 Å². The average Bonchev–Trinajstić information content (AvgIpc) is 2.78. The molecular formula is C12H11N3S. The molecular weight excluding hydrogens is 218 g/mol. The van der Waals surface area contributed by atoms with Crippen LogP contribution in [0.25, 0.3) is 10.6 Å². The minimum Gasteiger partial charge on any atom is -0.192 e. The topological polar surface area (TPSA) is 49.6 Å². The Bertz CT molecular complexity index is 508. The van der Waals surface area contributed by atoms with Crippen molar-refractivity contribution < 1.29 is 0 Å². The average molecular weight is 229 g/mol. The largest absolute Gasteiger partial charge is 0.192 e. The molecule has 0 amide bonds. The molecule has 0 saturated heterocycles. The monoisotopic (exact) mass is 229 g/mol. The van der Waals surface area contributed by atoms with Crippen molar-refractivity contribution in [3.8, 4) is 16.6 Å². The van der Waals surface area contributed by atoms with E-state index >= 15 is 0 Å². The Hall–Kier alpha value is -1.73. The Morgan fingerprint density at radius 3 is 2.62 bits per heavy atom. The standard InChI is InChI=1S/C12H11N3S/c1-2-3-11-14-15-12(16-11)10-6-4-9(8-13)5-7-10/h4-7H,2-3H2,1H3. The third-order valence-corrected chi connectivity index (χ3v) is 3.22. The third-order valence-electron chi connectivity index (χ3n) is 2.19. The number of hydrogen-bond acceptors (Lipinski definition) is 4. The van der Waals surface area contributed by atoms with Gasteiger partial charge in [0, 0.05) is 12.0 Å². The van der Waals surface area contributed by atoms with Crippen molar-refractivity contribution in [2.75, 3.05) is 0 Å². The third kappa shape index (κ3) is 2.26. The van der Waals surface area contributed by atoms with Crippen molar-refractivity contribution >= 4 is 11.3 Å². The molecule has 16 heavy (non-hydrogen) atoms. The van der Waals surface area contributed by atoms with Gasteiger partial charge >= 0.3 is 0 Å². The number of nitriles is 1. The van der Waals surface area contributed by atoms with E-state index in [9.17, 15) is 0 Å². The van der Waals surface area contributed by atoms with Gasteiger partial charge in [-0.05, 0) is 18.6 Å². The Kier molecular flexibility index (Phi) is 3.28. The summed E-state index contributed by atoms with van der Waals surface area (Å²) in [6.07, 6.45) is 2.07. The lowest BCUT2D eigenvalue weighted by atomic mass is 10.2. The molecule has 1 aromatic carbocycles. The maximum absolute atomic E-state index is 8.70. The van der Waals surface area contributed by atoms with E-state index in [1.807, 2.05) is 12.1 Å². The van der Waals surface area contributed by atoms with E-state index < -0.39 is 0 Å². The maximum atomic E-state index is 8.70. The summed E-state index contributed by atoms with van der Waals surface area (Å²) in [7, 11) is 0. The van der Waals surface area contributed by atoms with Crippen molar-refractivity contribution in [2.45, 2.75) is 19.8 Å². The fourth-order valence-corrected chi connectivity index (χ4v) is 2.32. The summed E-state index contributed by atoms with van der Waals surface area (Å²) >= 11 is 1.62. The second-order valence-corrected chi connectivity index (χ2v) is 4.50. The van der Waals surface area contributed by atoms with Gasteiger partial charge in [0.2, 0.25) is 0 Å². The molecule has 3 nitrogen and oxygen atoms in total. The van der Waals surface area contributed by atoms with Crippen molar-refractivity contribution in [2.24, 2.45) is 0 Å². The lowest BCUT2D eigenvalue weighted by Gasteiger charge is -1.93. The lowest BCUT2D eigenvalue weighted by molar-refractivity contribution is 0.879. The highest BCUT2D eigenvalue weighted by molar-refractivity contribution is 7.14. The first-order valence-corrected chi connectivity index (χ1v) is 5.98. The fourth-order valence-electron chi connectivity index (χ4n) is 1.37. The molecule has 0 aliphatic carbocycles. The van der Waals surface area contributed by atoms with Crippen molar-refractivity contribution in [3.05, 3.63) is 34.8 Å². The van der Waals surface area contributed by atoms with Crippen LogP contribution in [0.2, 0.25) is 0 Å². The van der Waals surface area contributed by atoms with Crippen LogP contribution in [0.15, 0.2) is 24.3 Å². The molecule has 2 rings (SSSR count). The molecule has 0 unspecified atom stereocenters. The molecule has 0 radical (unpaired) electrons. The lowest BCUT2D eigenvalue weighted by Crippen LogP contribution is -1.80. The number of aryl methyl sites for hydroxylation is 1. The van der Waals surface area contributed by atoms with Crippen LogP contribution in [-0.2, 0) is 6.42 Å². The summed E-state index contributed by atoms with van der Waals surface area (Å²) < 4.78 is 0. The zero-order valence-corrected chi connectivity index (χ0v) is 9.79. The molecule has 0 fully saturated rings. The van der Waals surface area contributed by atoms with Crippen molar-refractivity contribution in [3.63, 3.8) is 0 Å². The molecule has 1 heterocycles. The van der Waals surface area contributed by atoms with Crippen LogP contribution in [0, 0.1) is 11.3 Å². The molecule has 0 spiro atoms. The molecule has 2 aromatic rings. The van der Waals surface area contributed by atoms with E-state index in [0.29, 0.717) is 5.56 Å². The Balaban J connectivity index is 2.25. The zero-order valence-electron chi connectivity index (χ0n) is 8.97. The predicted molar refractivity (Wildman–Crippen MR) is 64.1 cm³/mol. The van der Waals surface area contributed by atoms with Crippen LogP contribution in [0.4, 0.5) is 0 Å². The molecule has 0 N–H and O–H groups in total. The number of hydrogen-bond donors (Lipinski definition) is 0. The van der Waals surface area contributed by atoms with E-state index in [1.165, 1.54) is 0 Å². The molecule has 80 valence electrons. The minimum atomic E-state index is 0.669. The Labute approximate surface area is 98.4 Å². The first-order valence-electron chi connectivity index (χ1n) is 5.16. The zero-order chi connectivity index (χ0) is 11.4. The molecule has 0 atom stereocenters. The summed E-state index contributed by atoms with van der Waals surface area (Å²) in [6.45, 7) is 2.13. The first kappa shape index (κ1) is 10.8. The summed E-state index contributed by atoms with van der Waals surface area (Å²) in [4.78, 5) is 0. The molecule has 0 saturated carbocycles. The van der Waals surface area contributed by atoms with E-state index in [-0.39, 0.29) is 0 Å². The van der Waals surface area contributed by atoms with Crippen molar-refractivity contribution in [1.29, 1.82) is 5.26 Å². The molecule has 0 bridgehead atoms. The summed E-state index contributed by atoms with van der Waals surface area (Å²) in [5, 5.41) is 19.0. The minimum absolute atomic E-state index is 0.669. The van der Waals surface area contributed by atoms with Gasteiger partial charge in [0.15, 0.2) is 0 Å². The Morgan fingerprint density at radius 2 is 2.00 bits per heavy atom. The van der Waals surface area contributed by atoms with Crippen molar-refractivity contribution in [1.82, 2.24) is 10.2 Å².